The smallest absolute Gasteiger partial charge is 0.266 e. The first-order valence-electron chi connectivity index (χ1n) is 9.94. The molecule has 1 saturated carbocycles. The van der Waals surface area contributed by atoms with Gasteiger partial charge in [-0.15, -0.1) is 0 Å². The van der Waals surface area contributed by atoms with E-state index in [2.05, 4.69) is 31.2 Å². The van der Waals surface area contributed by atoms with Crippen LogP contribution in [0.2, 0.25) is 0 Å². The van der Waals surface area contributed by atoms with Gasteiger partial charge in [0, 0.05) is 0 Å². The summed E-state index contributed by atoms with van der Waals surface area (Å²) in [5.74, 6) is 1.49. The molecular weight excluding hydrogens is 318 g/mol. The number of allylic oxidation sites excluding steroid dienone is 1. The Morgan fingerprint density at radius 1 is 0.960 bits per heavy atom. The van der Waals surface area contributed by atoms with E-state index in [1.165, 1.54) is 37.7 Å². The molecule has 1 aromatic rings. The van der Waals surface area contributed by atoms with Crippen molar-refractivity contribution in [3.05, 3.63) is 42.0 Å². The van der Waals surface area contributed by atoms with Gasteiger partial charge in [0.25, 0.3) is 6.08 Å². The zero-order chi connectivity index (χ0) is 17.9. The molecule has 140 valence electrons. The van der Waals surface area contributed by atoms with Crippen LogP contribution < -0.4 is 4.74 Å². The molecule has 0 aliphatic heterocycles. The maximum absolute atomic E-state index is 12.3. The Morgan fingerprint density at radius 3 is 2.24 bits per heavy atom. The van der Waals surface area contributed by atoms with Gasteiger partial charge in [-0.2, -0.15) is 8.78 Å². The third-order valence-corrected chi connectivity index (χ3v) is 5.25. The standard InChI is InChI=1S/C22H32F2O/c1-2-3-4-5-6-7-16-25-21-14-12-20(13-15-21)19-10-8-18(9-11-19)17-22(23)24/h12-15,17-19H,2-11,16H2,1H3/t18-,19-. The molecule has 0 N–H and O–H groups in total. The normalized spacial score (nSPS) is 20.3. The summed E-state index contributed by atoms with van der Waals surface area (Å²) in [5.41, 5.74) is 1.31. The van der Waals surface area contributed by atoms with Crippen molar-refractivity contribution in [3.8, 4) is 5.75 Å². The Bertz CT molecular complexity index is 497. The third-order valence-electron chi connectivity index (χ3n) is 5.25. The molecule has 0 atom stereocenters. The van der Waals surface area contributed by atoms with E-state index in [0.29, 0.717) is 5.92 Å². The van der Waals surface area contributed by atoms with Crippen LogP contribution in [0.3, 0.4) is 0 Å². The number of rotatable bonds is 10. The number of ether oxygens (including phenoxy) is 1. The van der Waals surface area contributed by atoms with E-state index < -0.39 is 6.08 Å². The summed E-state index contributed by atoms with van der Waals surface area (Å²) in [6, 6.07) is 8.40. The molecule has 1 nitrogen and oxygen atoms in total. The number of unbranched alkanes of at least 4 members (excludes halogenated alkanes) is 5. The highest BCUT2D eigenvalue weighted by atomic mass is 19.3. The minimum absolute atomic E-state index is 0.0567. The minimum atomic E-state index is -1.53. The molecule has 0 bridgehead atoms. The van der Waals surface area contributed by atoms with Crippen molar-refractivity contribution in [2.45, 2.75) is 77.0 Å². The zero-order valence-corrected chi connectivity index (χ0v) is 15.5. The van der Waals surface area contributed by atoms with Crippen LogP contribution in [0.15, 0.2) is 36.4 Å². The lowest BCUT2D eigenvalue weighted by Crippen LogP contribution is -2.11. The maximum Gasteiger partial charge on any atom is 0.266 e. The lowest BCUT2D eigenvalue weighted by molar-refractivity contribution is 0.304. The van der Waals surface area contributed by atoms with Gasteiger partial charge in [0.05, 0.1) is 6.61 Å². The van der Waals surface area contributed by atoms with Gasteiger partial charge in [0.1, 0.15) is 5.75 Å². The Morgan fingerprint density at radius 2 is 1.60 bits per heavy atom. The Labute approximate surface area is 151 Å². The second-order valence-electron chi connectivity index (χ2n) is 7.25. The molecule has 0 saturated heterocycles. The zero-order valence-electron chi connectivity index (χ0n) is 15.5. The van der Waals surface area contributed by atoms with E-state index in [1.54, 1.807) is 0 Å². The molecule has 0 heterocycles. The van der Waals surface area contributed by atoms with Crippen LogP contribution in [-0.2, 0) is 0 Å². The first kappa shape index (κ1) is 19.9. The van der Waals surface area contributed by atoms with Gasteiger partial charge in [0.2, 0.25) is 0 Å². The Balaban J connectivity index is 1.67. The second kappa shape index (κ2) is 11.3. The van der Waals surface area contributed by atoms with Crippen LogP contribution in [0.25, 0.3) is 0 Å². The summed E-state index contributed by atoms with van der Waals surface area (Å²) in [7, 11) is 0. The van der Waals surface area contributed by atoms with Crippen LogP contribution in [0.4, 0.5) is 8.78 Å². The van der Waals surface area contributed by atoms with Gasteiger partial charge >= 0.3 is 0 Å². The van der Waals surface area contributed by atoms with Gasteiger partial charge in [0.15, 0.2) is 0 Å². The Kier molecular flexibility index (Phi) is 8.99. The summed E-state index contributed by atoms with van der Waals surface area (Å²) in [6.45, 7) is 3.02. The van der Waals surface area contributed by atoms with Crippen molar-refractivity contribution in [2.75, 3.05) is 6.61 Å². The highest BCUT2D eigenvalue weighted by Gasteiger charge is 2.21. The highest BCUT2D eigenvalue weighted by molar-refractivity contribution is 5.29. The molecule has 25 heavy (non-hydrogen) atoms. The summed E-state index contributed by atoms with van der Waals surface area (Å²) >= 11 is 0. The molecule has 0 spiro atoms. The molecule has 3 heteroatoms. The van der Waals surface area contributed by atoms with Crippen molar-refractivity contribution in [1.29, 1.82) is 0 Å². The first-order valence-corrected chi connectivity index (χ1v) is 9.94. The predicted octanol–water partition coefficient (Wildman–Crippen LogP) is 7.48. The average Bonchev–Trinajstić information content (AvgIpc) is 2.62. The van der Waals surface area contributed by atoms with Crippen LogP contribution in [0.1, 0.15) is 82.6 Å². The largest absolute Gasteiger partial charge is 0.494 e. The molecule has 0 amide bonds. The summed E-state index contributed by atoms with van der Waals surface area (Å²) in [5, 5.41) is 0. The molecule has 0 unspecified atom stereocenters. The van der Waals surface area contributed by atoms with Crippen molar-refractivity contribution in [1.82, 2.24) is 0 Å². The number of hydrogen-bond acceptors (Lipinski definition) is 1. The molecule has 1 aliphatic carbocycles. The number of halogens is 2. The van der Waals surface area contributed by atoms with Gasteiger partial charge in [-0.05, 0) is 67.7 Å². The van der Waals surface area contributed by atoms with E-state index >= 15 is 0 Å². The minimum Gasteiger partial charge on any atom is -0.494 e. The second-order valence-corrected chi connectivity index (χ2v) is 7.25. The summed E-state index contributed by atoms with van der Waals surface area (Å²) in [6.07, 6.45) is 10.9. The molecular formula is C22H32F2O. The number of benzene rings is 1. The topological polar surface area (TPSA) is 9.23 Å². The van der Waals surface area contributed by atoms with Crippen LogP contribution in [0, 0.1) is 5.92 Å². The van der Waals surface area contributed by atoms with Gasteiger partial charge in [-0.1, -0.05) is 51.2 Å². The quantitative estimate of drug-likeness (QED) is 0.397. The van der Waals surface area contributed by atoms with Gasteiger partial charge in [-0.3, -0.25) is 0 Å². The Hall–Kier alpha value is -1.38. The van der Waals surface area contributed by atoms with Gasteiger partial charge in [-0.25, -0.2) is 0 Å². The molecule has 2 rings (SSSR count). The fourth-order valence-corrected chi connectivity index (χ4v) is 3.71. The SMILES string of the molecule is CCCCCCCCOc1ccc([C@H]2CC[C@H](C=C(F)F)CC2)cc1. The fraction of sp³-hybridized carbons (Fsp3) is 0.636. The van der Waals surface area contributed by atoms with Crippen LogP contribution >= 0.6 is 0 Å². The maximum atomic E-state index is 12.3. The summed E-state index contributed by atoms with van der Waals surface area (Å²) in [4.78, 5) is 0. The van der Waals surface area contributed by atoms with Crippen molar-refractivity contribution < 1.29 is 13.5 Å². The van der Waals surface area contributed by atoms with Crippen molar-refractivity contribution >= 4 is 0 Å². The number of hydrogen-bond donors (Lipinski definition) is 0. The van der Waals surface area contributed by atoms with Crippen molar-refractivity contribution in [3.63, 3.8) is 0 Å². The fourth-order valence-electron chi connectivity index (χ4n) is 3.71. The molecule has 1 aromatic carbocycles. The molecule has 1 fully saturated rings. The van der Waals surface area contributed by atoms with Gasteiger partial charge < -0.3 is 4.74 Å². The lowest BCUT2D eigenvalue weighted by Gasteiger charge is -2.26. The lowest BCUT2D eigenvalue weighted by atomic mass is 9.79. The molecule has 1 aliphatic rings. The molecule has 0 radical (unpaired) electrons. The first-order chi connectivity index (χ1) is 12.2. The average molecular weight is 350 g/mol. The van der Waals surface area contributed by atoms with E-state index in [4.69, 9.17) is 4.74 Å². The van der Waals surface area contributed by atoms with E-state index in [-0.39, 0.29) is 5.92 Å². The molecule has 0 aromatic heterocycles. The highest BCUT2D eigenvalue weighted by Crippen LogP contribution is 2.37. The van der Waals surface area contributed by atoms with Crippen LogP contribution in [0.5, 0.6) is 5.75 Å². The monoisotopic (exact) mass is 350 g/mol. The van der Waals surface area contributed by atoms with E-state index in [9.17, 15) is 8.78 Å². The van der Waals surface area contributed by atoms with Crippen molar-refractivity contribution in [2.24, 2.45) is 5.92 Å². The van der Waals surface area contributed by atoms with E-state index in [0.717, 1.165) is 50.5 Å². The third kappa shape index (κ3) is 7.58. The van der Waals surface area contributed by atoms with Crippen LogP contribution in [-0.4, -0.2) is 6.61 Å². The van der Waals surface area contributed by atoms with E-state index in [1.807, 2.05) is 0 Å². The predicted molar refractivity (Wildman–Crippen MR) is 100 cm³/mol. The summed E-state index contributed by atoms with van der Waals surface area (Å²) < 4.78 is 30.5.